The number of carbonyl (C=O) groups excluding carboxylic acids is 1. The van der Waals surface area contributed by atoms with Crippen LogP contribution in [0.2, 0.25) is 0 Å². The van der Waals surface area contributed by atoms with Crippen LogP contribution >= 0.6 is 0 Å². The fraction of sp³-hybridized carbons (Fsp3) is 0.250. The second-order valence-electron chi connectivity index (χ2n) is 9.35. The van der Waals surface area contributed by atoms with Gasteiger partial charge in [0, 0.05) is 23.2 Å². The molecule has 5 nitrogen and oxygen atoms in total. The number of nitrogens with zero attached hydrogens (tertiary/aromatic N) is 2. The summed E-state index contributed by atoms with van der Waals surface area (Å²) in [6.07, 6.45) is 1.15. The zero-order valence-electron chi connectivity index (χ0n) is 19.6. The Morgan fingerprint density at radius 1 is 0.818 bits per heavy atom. The summed E-state index contributed by atoms with van der Waals surface area (Å²) in [6.45, 7) is 8.61. The second-order valence-corrected chi connectivity index (χ2v) is 9.35. The molecule has 0 aliphatic rings. The Bertz CT molecular complexity index is 1220. The van der Waals surface area contributed by atoms with E-state index in [0.29, 0.717) is 24.6 Å². The number of amides is 1. The molecule has 0 spiro atoms. The molecule has 0 saturated carbocycles. The van der Waals surface area contributed by atoms with Gasteiger partial charge in [0.05, 0.1) is 0 Å². The van der Waals surface area contributed by atoms with E-state index in [1.54, 1.807) is 0 Å². The molecule has 3 aromatic carbocycles. The Morgan fingerprint density at radius 3 is 1.91 bits per heavy atom. The van der Waals surface area contributed by atoms with E-state index >= 15 is 0 Å². The molecule has 0 aliphatic carbocycles. The summed E-state index contributed by atoms with van der Waals surface area (Å²) in [5, 5.41) is 11.3. The van der Waals surface area contributed by atoms with Crippen molar-refractivity contribution < 1.29 is 9.21 Å². The van der Waals surface area contributed by atoms with E-state index in [4.69, 9.17) is 4.42 Å². The highest BCUT2D eigenvalue weighted by Crippen LogP contribution is 2.28. The first-order chi connectivity index (χ1) is 15.8. The third kappa shape index (κ3) is 5.75. The SMILES string of the molecule is Cc1ccc(CCC(=O)Nc2ccc(-c3nnc(-c4ccc(C(C)(C)C)cc4)o3)cc2)cc1. The van der Waals surface area contributed by atoms with Crippen LogP contribution in [0.3, 0.4) is 0 Å². The van der Waals surface area contributed by atoms with Gasteiger partial charge in [-0.05, 0) is 66.3 Å². The molecular weight excluding hydrogens is 410 g/mol. The Morgan fingerprint density at radius 2 is 1.36 bits per heavy atom. The largest absolute Gasteiger partial charge is 0.416 e. The number of aryl methyl sites for hydroxylation is 2. The van der Waals surface area contributed by atoms with Crippen molar-refractivity contribution in [3.05, 3.63) is 89.5 Å². The molecule has 0 aliphatic heterocycles. The van der Waals surface area contributed by atoms with Crippen LogP contribution in [0.1, 0.15) is 43.9 Å². The van der Waals surface area contributed by atoms with E-state index in [-0.39, 0.29) is 11.3 Å². The van der Waals surface area contributed by atoms with Crippen LogP contribution in [0.4, 0.5) is 5.69 Å². The van der Waals surface area contributed by atoms with Gasteiger partial charge in [-0.2, -0.15) is 0 Å². The molecule has 0 saturated heterocycles. The van der Waals surface area contributed by atoms with Crippen LogP contribution in [-0.2, 0) is 16.6 Å². The minimum absolute atomic E-state index is 0.0119. The van der Waals surface area contributed by atoms with Gasteiger partial charge in [0.15, 0.2) is 0 Å². The van der Waals surface area contributed by atoms with Gasteiger partial charge in [0.25, 0.3) is 0 Å². The van der Waals surface area contributed by atoms with Gasteiger partial charge in [-0.15, -0.1) is 10.2 Å². The molecule has 0 radical (unpaired) electrons. The van der Waals surface area contributed by atoms with E-state index in [0.717, 1.165) is 22.4 Å². The summed E-state index contributed by atoms with van der Waals surface area (Å²) in [6, 6.07) is 23.9. The van der Waals surface area contributed by atoms with Gasteiger partial charge >= 0.3 is 0 Å². The van der Waals surface area contributed by atoms with Crippen LogP contribution in [0.15, 0.2) is 77.2 Å². The Kier molecular flexibility index (Phi) is 6.40. The summed E-state index contributed by atoms with van der Waals surface area (Å²) >= 11 is 0. The average Bonchev–Trinajstić information content (AvgIpc) is 3.29. The number of hydrogen-bond acceptors (Lipinski definition) is 4. The fourth-order valence-electron chi connectivity index (χ4n) is 3.50. The number of benzene rings is 3. The molecule has 0 unspecified atom stereocenters. The zero-order valence-corrected chi connectivity index (χ0v) is 19.6. The number of rotatable bonds is 6. The first-order valence-electron chi connectivity index (χ1n) is 11.2. The average molecular weight is 440 g/mol. The van der Waals surface area contributed by atoms with Crippen molar-refractivity contribution >= 4 is 11.6 Å². The van der Waals surface area contributed by atoms with Crippen molar-refractivity contribution in [2.24, 2.45) is 0 Å². The lowest BCUT2D eigenvalue weighted by molar-refractivity contribution is -0.116. The van der Waals surface area contributed by atoms with E-state index < -0.39 is 0 Å². The first kappa shape index (κ1) is 22.5. The quantitative estimate of drug-likeness (QED) is 0.368. The molecule has 168 valence electrons. The standard InChI is InChI=1S/C28H29N3O2/c1-19-5-7-20(8-6-19)9-18-25(32)29-24-16-12-22(13-17-24)27-31-30-26(33-27)21-10-14-23(15-11-21)28(2,3)4/h5-8,10-17H,9,18H2,1-4H3,(H,29,32). The molecule has 33 heavy (non-hydrogen) atoms. The molecule has 0 fully saturated rings. The Labute approximate surface area is 194 Å². The number of anilines is 1. The highest BCUT2D eigenvalue weighted by molar-refractivity contribution is 5.91. The van der Waals surface area contributed by atoms with E-state index in [9.17, 15) is 4.79 Å². The number of nitrogens with one attached hydrogen (secondary N) is 1. The summed E-state index contributed by atoms with van der Waals surface area (Å²) < 4.78 is 5.89. The van der Waals surface area contributed by atoms with Gasteiger partial charge in [0.2, 0.25) is 17.7 Å². The normalized spacial score (nSPS) is 11.4. The van der Waals surface area contributed by atoms with Gasteiger partial charge < -0.3 is 9.73 Å². The molecule has 1 amide bonds. The maximum absolute atomic E-state index is 12.3. The molecule has 4 rings (SSSR count). The molecule has 4 aromatic rings. The molecule has 1 N–H and O–H groups in total. The molecular formula is C28H29N3O2. The first-order valence-corrected chi connectivity index (χ1v) is 11.2. The van der Waals surface area contributed by atoms with Crippen LogP contribution < -0.4 is 5.32 Å². The lowest BCUT2D eigenvalue weighted by Gasteiger charge is -2.18. The predicted molar refractivity (Wildman–Crippen MR) is 132 cm³/mol. The summed E-state index contributed by atoms with van der Waals surface area (Å²) in [7, 11) is 0. The minimum atomic E-state index is -0.0119. The van der Waals surface area contributed by atoms with Crippen LogP contribution in [0.25, 0.3) is 22.9 Å². The monoisotopic (exact) mass is 439 g/mol. The molecule has 0 atom stereocenters. The second kappa shape index (κ2) is 9.41. The molecule has 0 bridgehead atoms. The van der Waals surface area contributed by atoms with Crippen molar-refractivity contribution in [2.75, 3.05) is 5.32 Å². The topological polar surface area (TPSA) is 68.0 Å². The number of carbonyl (C=O) groups is 1. The van der Waals surface area contributed by atoms with Gasteiger partial charge in [0.1, 0.15) is 0 Å². The third-order valence-electron chi connectivity index (χ3n) is 5.60. The Balaban J connectivity index is 1.37. The molecule has 5 heteroatoms. The maximum Gasteiger partial charge on any atom is 0.248 e. The fourth-order valence-corrected chi connectivity index (χ4v) is 3.50. The summed E-state index contributed by atoms with van der Waals surface area (Å²) in [4.78, 5) is 12.3. The van der Waals surface area contributed by atoms with Crippen molar-refractivity contribution in [3.8, 4) is 22.9 Å². The van der Waals surface area contributed by atoms with Gasteiger partial charge in [-0.1, -0.05) is 62.7 Å². The predicted octanol–water partition coefficient (Wildman–Crippen LogP) is 6.58. The maximum atomic E-state index is 12.3. The van der Waals surface area contributed by atoms with Crippen molar-refractivity contribution in [2.45, 2.75) is 46.0 Å². The smallest absolute Gasteiger partial charge is 0.248 e. The van der Waals surface area contributed by atoms with E-state index in [1.807, 2.05) is 36.4 Å². The number of aromatic nitrogens is 2. The van der Waals surface area contributed by atoms with Crippen molar-refractivity contribution in [1.82, 2.24) is 10.2 Å². The third-order valence-corrected chi connectivity index (χ3v) is 5.60. The molecule has 1 heterocycles. The van der Waals surface area contributed by atoms with Crippen LogP contribution in [-0.4, -0.2) is 16.1 Å². The summed E-state index contributed by atoms with van der Waals surface area (Å²) in [5.74, 6) is 0.920. The minimum Gasteiger partial charge on any atom is -0.416 e. The van der Waals surface area contributed by atoms with E-state index in [2.05, 4.69) is 79.6 Å². The van der Waals surface area contributed by atoms with Crippen LogP contribution in [0.5, 0.6) is 0 Å². The van der Waals surface area contributed by atoms with Gasteiger partial charge in [-0.25, -0.2) is 0 Å². The molecule has 1 aromatic heterocycles. The summed E-state index contributed by atoms with van der Waals surface area (Å²) in [5.41, 5.74) is 6.15. The van der Waals surface area contributed by atoms with Crippen LogP contribution in [0, 0.1) is 6.92 Å². The van der Waals surface area contributed by atoms with Gasteiger partial charge in [-0.3, -0.25) is 4.79 Å². The van der Waals surface area contributed by atoms with Crippen molar-refractivity contribution in [1.29, 1.82) is 0 Å². The zero-order chi connectivity index (χ0) is 23.4. The van der Waals surface area contributed by atoms with Crippen molar-refractivity contribution in [3.63, 3.8) is 0 Å². The lowest BCUT2D eigenvalue weighted by Crippen LogP contribution is -2.12. The lowest BCUT2D eigenvalue weighted by atomic mass is 9.87. The number of hydrogen-bond donors (Lipinski definition) is 1. The van der Waals surface area contributed by atoms with E-state index in [1.165, 1.54) is 11.1 Å². The highest BCUT2D eigenvalue weighted by Gasteiger charge is 2.15. The highest BCUT2D eigenvalue weighted by atomic mass is 16.4. The Hall–Kier alpha value is -3.73.